The summed E-state index contributed by atoms with van der Waals surface area (Å²) in [5, 5.41) is 10.6. The molecular formula is C52H32O. The fraction of sp³-hybridized carbons (Fsp3) is 0. The highest BCUT2D eigenvalue weighted by Gasteiger charge is 2.20. The second kappa shape index (κ2) is 11.8. The van der Waals surface area contributed by atoms with Crippen LogP contribution in [0.25, 0.3) is 110 Å². The molecule has 53 heavy (non-hydrogen) atoms. The predicted octanol–water partition coefficient (Wildman–Crippen LogP) is 14.9. The van der Waals surface area contributed by atoms with Crippen LogP contribution in [0.4, 0.5) is 0 Å². The molecule has 0 saturated carbocycles. The summed E-state index contributed by atoms with van der Waals surface area (Å²) in [5.41, 5.74) is 9.12. The number of rotatable bonds is 4. The number of furan rings is 1. The molecule has 0 aliphatic rings. The van der Waals surface area contributed by atoms with Gasteiger partial charge in [0.2, 0.25) is 0 Å². The lowest BCUT2D eigenvalue weighted by molar-refractivity contribution is 0.673. The summed E-state index contributed by atoms with van der Waals surface area (Å²) in [6.07, 6.45) is 0. The van der Waals surface area contributed by atoms with Gasteiger partial charge >= 0.3 is 0 Å². The van der Waals surface area contributed by atoms with E-state index in [0.29, 0.717) is 5.56 Å². The predicted molar refractivity (Wildman–Crippen MR) is 225 cm³/mol. The van der Waals surface area contributed by atoms with Crippen molar-refractivity contribution in [2.45, 2.75) is 0 Å². The van der Waals surface area contributed by atoms with E-state index in [9.17, 15) is 0 Å². The second-order valence-electron chi connectivity index (χ2n) is 13.6. The lowest BCUT2D eigenvalue weighted by Gasteiger charge is -2.20. The van der Waals surface area contributed by atoms with Crippen molar-refractivity contribution in [2.75, 3.05) is 0 Å². The summed E-state index contributed by atoms with van der Waals surface area (Å²) in [7, 11) is 0. The Hall–Kier alpha value is -6.96. The van der Waals surface area contributed by atoms with Crippen LogP contribution < -0.4 is 0 Å². The molecule has 246 valence electrons. The minimum Gasteiger partial charge on any atom is -0.455 e. The number of fused-ring (bicyclic) bond motifs is 8. The molecule has 0 fully saturated rings. The van der Waals surface area contributed by atoms with Gasteiger partial charge in [0, 0.05) is 16.2 Å². The Kier molecular flexibility index (Phi) is 5.58. The van der Waals surface area contributed by atoms with Gasteiger partial charge in [-0.25, -0.2) is 0 Å². The molecule has 0 aliphatic carbocycles. The molecule has 1 aromatic heterocycles. The maximum absolute atomic E-state index is 8.78. The van der Waals surface area contributed by atoms with Crippen LogP contribution in [0.3, 0.4) is 0 Å². The van der Waals surface area contributed by atoms with E-state index in [1.807, 2.05) is 30.3 Å². The molecule has 0 radical (unpaired) electrons. The highest BCUT2D eigenvalue weighted by Crippen LogP contribution is 2.47. The lowest BCUT2D eigenvalue weighted by Crippen LogP contribution is -1.92. The minimum atomic E-state index is -0.399. The van der Waals surface area contributed by atoms with Gasteiger partial charge in [-0.3, -0.25) is 0 Å². The summed E-state index contributed by atoms with van der Waals surface area (Å²) in [6.45, 7) is 0. The van der Waals surface area contributed by atoms with Crippen molar-refractivity contribution < 1.29 is 11.3 Å². The molecule has 11 aromatic rings. The molecule has 0 N–H and O–H groups in total. The molecule has 1 nitrogen and oxygen atoms in total. The number of hydrogen-bond donors (Lipinski definition) is 0. The first-order valence-corrected chi connectivity index (χ1v) is 17.9. The van der Waals surface area contributed by atoms with Gasteiger partial charge < -0.3 is 4.42 Å². The topological polar surface area (TPSA) is 13.1 Å². The van der Waals surface area contributed by atoms with Gasteiger partial charge in [0.25, 0.3) is 0 Å². The molecule has 1 heterocycles. The van der Waals surface area contributed by atoms with Crippen LogP contribution >= 0.6 is 0 Å². The molecule has 0 bridgehead atoms. The smallest absolute Gasteiger partial charge is 0.143 e. The highest BCUT2D eigenvalue weighted by molar-refractivity contribution is 6.24. The van der Waals surface area contributed by atoms with Crippen LogP contribution in [-0.4, -0.2) is 0 Å². The fourth-order valence-corrected chi connectivity index (χ4v) is 8.49. The summed E-state index contributed by atoms with van der Waals surface area (Å²) >= 11 is 0. The van der Waals surface area contributed by atoms with E-state index in [1.165, 1.54) is 0 Å². The van der Waals surface area contributed by atoms with Crippen LogP contribution in [0.5, 0.6) is 0 Å². The first-order chi connectivity index (χ1) is 28.4. The zero-order chi connectivity index (χ0) is 39.2. The van der Waals surface area contributed by atoms with Crippen LogP contribution in [0, 0.1) is 0 Å². The molecule has 0 saturated heterocycles. The van der Waals surface area contributed by atoms with Crippen molar-refractivity contribution in [1.29, 1.82) is 0 Å². The Morgan fingerprint density at radius 3 is 1.68 bits per heavy atom. The van der Waals surface area contributed by atoms with E-state index in [0.717, 1.165) is 98.4 Å². The first kappa shape index (κ1) is 25.1. The molecule has 0 aliphatic heterocycles. The van der Waals surface area contributed by atoms with Crippen molar-refractivity contribution >= 4 is 65.0 Å². The fourth-order valence-electron chi connectivity index (χ4n) is 8.49. The Labute approximate surface area is 314 Å². The normalized spacial score (nSPS) is 13.1. The molecule has 10 aromatic carbocycles. The van der Waals surface area contributed by atoms with E-state index >= 15 is 0 Å². The van der Waals surface area contributed by atoms with Gasteiger partial charge in [0.1, 0.15) is 11.2 Å². The van der Waals surface area contributed by atoms with Crippen LogP contribution in [0.2, 0.25) is 0 Å². The largest absolute Gasteiger partial charge is 0.455 e. The molecule has 0 amide bonds. The third-order valence-electron chi connectivity index (χ3n) is 10.7. The van der Waals surface area contributed by atoms with Crippen LogP contribution in [-0.2, 0) is 0 Å². The van der Waals surface area contributed by atoms with Crippen LogP contribution in [0.1, 0.15) is 6.85 Å². The Morgan fingerprint density at radius 1 is 0.358 bits per heavy atom. The van der Waals surface area contributed by atoms with Gasteiger partial charge in [0.15, 0.2) is 0 Å². The summed E-state index contributed by atoms with van der Waals surface area (Å²) in [5.74, 6) is 0. The van der Waals surface area contributed by atoms with Crippen molar-refractivity contribution in [1.82, 2.24) is 0 Å². The maximum Gasteiger partial charge on any atom is 0.143 e. The van der Waals surface area contributed by atoms with Gasteiger partial charge in [-0.1, -0.05) is 176 Å². The Bertz CT molecular complexity index is 3440. The molecule has 11 rings (SSSR count). The van der Waals surface area contributed by atoms with Crippen molar-refractivity contribution in [3.63, 3.8) is 0 Å². The summed E-state index contributed by atoms with van der Waals surface area (Å²) in [6, 6.07) is 55.4. The summed E-state index contributed by atoms with van der Waals surface area (Å²) in [4.78, 5) is 0. The number of benzene rings is 10. The Morgan fingerprint density at radius 2 is 0.943 bits per heavy atom. The lowest BCUT2D eigenvalue weighted by atomic mass is 9.83. The maximum atomic E-state index is 8.78. The molecule has 0 spiro atoms. The quantitative estimate of drug-likeness (QED) is 0.169. The highest BCUT2D eigenvalue weighted by atomic mass is 16.3. The van der Waals surface area contributed by atoms with E-state index in [4.69, 9.17) is 11.3 Å². The third kappa shape index (κ3) is 4.58. The van der Waals surface area contributed by atoms with Gasteiger partial charge in [-0.15, -0.1) is 0 Å². The average molecular weight is 678 g/mol. The zero-order valence-electron chi connectivity index (χ0n) is 33.5. The molecular weight excluding hydrogens is 641 g/mol. The number of hydrogen-bond acceptors (Lipinski definition) is 1. The van der Waals surface area contributed by atoms with Gasteiger partial charge in [-0.05, 0) is 100 Å². The van der Waals surface area contributed by atoms with E-state index in [2.05, 4.69) is 133 Å². The molecule has 1 heteroatoms. The van der Waals surface area contributed by atoms with E-state index in [-0.39, 0.29) is 29.7 Å². The Balaban J connectivity index is 1.15. The van der Waals surface area contributed by atoms with Crippen molar-refractivity contribution in [2.24, 2.45) is 0 Å². The SMILES string of the molecule is [2H]c1c([2H])c([2H])c(-c2ccc(-c3c4ccccc4c(-c4cccc(-c5cccc6oc7c8ccccc8ccc7c56)c4)c4ccccc34)c3ccccc23)c([2H])c1[2H]. The monoisotopic (exact) mass is 677 g/mol. The standard InChI is InChI=1S/C52H32O/c1-2-14-33(15-3-1)37-30-31-46(41-21-7-6-20-40(37)41)50-44-24-10-8-22-42(44)49(43-23-9-11-25-45(43)50)36-18-12-17-35(32-36)38-26-13-27-48-51(38)47-29-28-34-16-4-5-19-39(34)52(47)53-48/h1-32H/i1D,2D,3D,14D,15D. The zero-order valence-corrected chi connectivity index (χ0v) is 28.5. The van der Waals surface area contributed by atoms with E-state index < -0.39 is 6.04 Å². The first-order valence-electron chi connectivity index (χ1n) is 20.4. The van der Waals surface area contributed by atoms with Gasteiger partial charge in [-0.2, -0.15) is 0 Å². The van der Waals surface area contributed by atoms with Crippen molar-refractivity contribution in [3.05, 3.63) is 194 Å². The minimum absolute atomic E-state index is 0.200. The van der Waals surface area contributed by atoms with Gasteiger partial charge in [0.05, 0.1) is 6.85 Å². The molecule has 0 atom stereocenters. The molecule has 0 unspecified atom stereocenters. The third-order valence-corrected chi connectivity index (χ3v) is 10.7. The average Bonchev–Trinajstić information content (AvgIpc) is 3.67. The second-order valence-corrected chi connectivity index (χ2v) is 13.6. The van der Waals surface area contributed by atoms with Crippen LogP contribution in [0.15, 0.2) is 198 Å². The summed E-state index contributed by atoms with van der Waals surface area (Å²) < 4.78 is 49.0. The van der Waals surface area contributed by atoms with Crippen molar-refractivity contribution in [3.8, 4) is 44.5 Å². The van der Waals surface area contributed by atoms with E-state index in [1.54, 1.807) is 0 Å².